The van der Waals surface area contributed by atoms with Crippen LogP contribution in [0.4, 0.5) is 5.69 Å². The van der Waals surface area contributed by atoms with Gasteiger partial charge in [-0.15, -0.1) is 0 Å². The predicted octanol–water partition coefficient (Wildman–Crippen LogP) is 5.63. The van der Waals surface area contributed by atoms with Crippen molar-refractivity contribution < 1.29 is 38.1 Å². The van der Waals surface area contributed by atoms with Crippen LogP contribution in [-0.4, -0.2) is 131 Å². The van der Waals surface area contributed by atoms with Crippen molar-refractivity contribution in [1.29, 1.82) is 0 Å². The largest absolute Gasteiger partial charge is 0.508 e. The standard InChI is InChI=1S/C49H60N6O8/c1-5-50-42-31-44-40(29-34(42)3)48(41-30-35(4)43(51-6-2)32-45(41)63-44)38-9-7-8-10-39(38)49(59)62-26-23-54-19-21-55(22-20-54)33-47(58)53-18-25-61-28-27-60-24-17-52-46(57)16-13-36-11-14-37(56)15-12-36/h7-16,29-32,50,56H,5-6,17-28,33H2,1-4H3,(H,52,57)(H,53,58)/b16-13+,51-43?. The summed E-state index contributed by atoms with van der Waals surface area (Å²) < 4.78 is 23.6. The summed E-state index contributed by atoms with van der Waals surface area (Å²) in [4.78, 5) is 47.4. The van der Waals surface area contributed by atoms with Crippen LogP contribution in [0.25, 0.3) is 39.5 Å². The first-order chi connectivity index (χ1) is 30.6. The molecule has 0 aromatic heterocycles. The Morgan fingerprint density at radius 2 is 1.52 bits per heavy atom. The minimum absolute atomic E-state index is 0.0569. The molecule has 0 unspecified atom stereocenters. The van der Waals surface area contributed by atoms with E-state index in [9.17, 15) is 19.5 Å². The van der Waals surface area contributed by atoms with Gasteiger partial charge in [0.05, 0.1) is 43.9 Å². The van der Waals surface area contributed by atoms with Crippen LogP contribution >= 0.6 is 0 Å². The number of nitrogens with zero attached hydrogens (tertiary/aromatic N) is 3. The van der Waals surface area contributed by atoms with Crippen molar-refractivity contribution in [3.05, 3.63) is 106 Å². The number of carbonyl (C=O) groups is 3. The Labute approximate surface area is 369 Å². The van der Waals surface area contributed by atoms with Crippen LogP contribution in [0.15, 0.2) is 88.3 Å². The molecule has 6 rings (SSSR count). The zero-order valence-corrected chi connectivity index (χ0v) is 36.8. The maximum absolute atomic E-state index is 13.8. The molecule has 0 spiro atoms. The summed E-state index contributed by atoms with van der Waals surface area (Å²) >= 11 is 0. The molecular weight excluding hydrogens is 801 g/mol. The second kappa shape index (κ2) is 23.4. The smallest absolute Gasteiger partial charge is 0.338 e. The van der Waals surface area contributed by atoms with Gasteiger partial charge in [-0.25, -0.2) is 4.79 Å². The fraction of sp³-hybridized carbons (Fsp3) is 0.388. The molecule has 2 aliphatic heterocycles. The van der Waals surface area contributed by atoms with Gasteiger partial charge in [-0.1, -0.05) is 30.3 Å². The van der Waals surface area contributed by atoms with Crippen molar-refractivity contribution in [3.8, 4) is 28.2 Å². The summed E-state index contributed by atoms with van der Waals surface area (Å²) in [5.74, 6) is 0.200. The number of benzene rings is 4. The maximum atomic E-state index is 13.8. The van der Waals surface area contributed by atoms with E-state index >= 15 is 0 Å². The minimum Gasteiger partial charge on any atom is -0.508 e. The van der Waals surface area contributed by atoms with E-state index in [1.54, 1.807) is 30.3 Å². The van der Waals surface area contributed by atoms with Crippen molar-refractivity contribution in [3.63, 3.8) is 0 Å². The number of esters is 1. The molecule has 3 aromatic rings. The number of anilines is 1. The molecule has 0 radical (unpaired) electrons. The molecule has 4 N–H and O–H groups in total. The summed E-state index contributed by atoms with van der Waals surface area (Å²) in [6.45, 7) is 16.0. The molecule has 1 saturated heterocycles. The normalized spacial score (nSPS) is 13.8. The van der Waals surface area contributed by atoms with Crippen LogP contribution in [0.5, 0.6) is 5.75 Å². The van der Waals surface area contributed by atoms with Crippen LogP contribution < -0.4 is 21.3 Å². The summed E-state index contributed by atoms with van der Waals surface area (Å²) in [5, 5.41) is 20.2. The lowest BCUT2D eigenvalue weighted by molar-refractivity contribution is -0.123. The molecular formula is C49H60N6O8. The molecule has 63 heavy (non-hydrogen) atoms. The highest BCUT2D eigenvalue weighted by atomic mass is 16.5. The van der Waals surface area contributed by atoms with E-state index in [0.29, 0.717) is 76.1 Å². The number of phenolic OH excluding ortho intramolecular Hbond substituents is 1. The Kier molecular flexibility index (Phi) is 17.3. The zero-order valence-electron chi connectivity index (χ0n) is 36.8. The number of hydrogen-bond acceptors (Lipinski definition) is 12. The molecule has 2 heterocycles. The predicted molar refractivity (Wildman–Crippen MR) is 246 cm³/mol. The van der Waals surface area contributed by atoms with Gasteiger partial charge in [-0.3, -0.25) is 24.4 Å². The lowest BCUT2D eigenvalue weighted by Crippen LogP contribution is -2.50. The molecule has 3 aromatic carbocycles. The van der Waals surface area contributed by atoms with E-state index in [1.807, 2.05) is 50.2 Å². The summed E-state index contributed by atoms with van der Waals surface area (Å²) in [7, 11) is 0. The fourth-order valence-electron chi connectivity index (χ4n) is 7.50. The van der Waals surface area contributed by atoms with Crippen molar-refractivity contribution >= 4 is 40.5 Å². The van der Waals surface area contributed by atoms with Crippen LogP contribution in [0.3, 0.4) is 0 Å². The van der Waals surface area contributed by atoms with E-state index in [-0.39, 0.29) is 30.1 Å². The van der Waals surface area contributed by atoms with Gasteiger partial charge in [-0.05, 0) is 86.4 Å². The van der Waals surface area contributed by atoms with Crippen LogP contribution in [0.1, 0.15) is 40.9 Å². The second-order valence-electron chi connectivity index (χ2n) is 15.4. The molecule has 0 atom stereocenters. The maximum Gasteiger partial charge on any atom is 0.338 e. The van der Waals surface area contributed by atoms with Crippen molar-refractivity contribution in [2.24, 2.45) is 4.99 Å². The first-order valence-corrected chi connectivity index (χ1v) is 21.8. The van der Waals surface area contributed by atoms with E-state index in [1.165, 1.54) is 6.08 Å². The number of ether oxygens (including phenoxy) is 3. The first kappa shape index (κ1) is 46.4. The number of carbonyl (C=O) groups excluding carboxylic acids is 3. The highest BCUT2D eigenvalue weighted by Crippen LogP contribution is 2.43. The van der Waals surface area contributed by atoms with E-state index in [0.717, 1.165) is 82.5 Å². The topological polar surface area (TPSA) is 167 Å². The van der Waals surface area contributed by atoms with Gasteiger partial charge in [0.1, 0.15) is 23.7 Å². The number of phenols is 1. The summed E-state index contributed by atoms with van der Waals surface area (Å²) in [6.07, 6.45) is 3.10. The van der Waals surface area contributed by atoms with E-state index in [4.69, 9.17) is 18.6 Å². The number of hydrogen-bond donors (Lipinski definition) is 4. The lowest BCUT2D eigenvalue weighted by atomic mass is 9.89. The Morgan fingerprint density at radius 3 is 2.25 bits per heavy atom. The molecule has 0 bridgehead atoms. The van der Waals surface area contributed by atoms with Gasteiger partial charge in [0.15, 0.2) is 0 Å². The zero-order chi connectivity index (χ0) is 44.6. The minimum atomic E-state index is -0.382. The van der Waals surface area contributed by atoms with Gasteiger partial charge in [0.25, 0.3) is 0 Å². The highest BCUT2D eigenvalue weighted by molar-refractivity contribution is 6.08. The van der Waals surface area contributed by atoms with Crippen molar-refractivity contribution in [2.45, 2.75) is 27.7 Å². The van der Waals surface area contributed by atoms with Gasteiger partial charge >= 0.3 is 5.97 Å². The third-order valence-electron chi connectivity index (χ3n) is 10.8. The first-order valence-electron chi connectivity index (χ1n) is 21.8. The quantitative estimate of drug-likeness (QED) is 0.0313. The van der Waals surface area contributed by atoms with Crippen LogP contribution in [0, 0.1) is 13.8 Å². The Balaban J connectivity index is 0.907. The molecule has 0 saturated carbocycles. The number of rotatable bonds is 21. The molecule has 3 aliphatic rings. The van der Waals surface area contributed by atoms with Gasteiger partial charge in [-0.2, -0.15) is 0 Å². The average Bonchev–Trinajstić information content (AvgIpc) is 3.27. The third kappa shape index (κ3) is 13.2. The Bertz CT molecular complexity index is 2390. The van der Waals surface area contributed by atoms with Gasteiger partial charge in [0, 0.05) is 99.3 Å². The molecule has 14 nitrogen and oxygen atoms in total. The summed E-state index contributed by atoms with van der Waals surface area (Å²) in [5.41, 5.74) is 7.73. The number of aryl methyl sites for hydroxylation is 2. The number of piperazine rings is 1. The van der Waals surface area contributed by atoms with Crippen molar-refractivity contribution in [1.82, 2.24) is 20.4 Å². The molecule has 1 aliphatic carbocycles. The van der Waals surface area contributed by atoms with Crippen LogP contribution in [0.2, 0.25) is 0 Å². The molecule has 14 heteroatoms. The second-order valence-corrected chi connectivity index (χ2v) is 15.4. The monoisotopic (exact) mass is 860 g/mol. The number of amides is 2. The fourth-order valence-corrected chi connectivity index (χ4v) is 7.50. The average molecular weight is 861 g/mol. The van der Waals surface area contributed by atoms with Gasteiger partial charge in [0.2, 0.25) is 11.8 Å². The number of nitrogens with one attached hydrogen (secondary N) is 3. The van der Waals surface area contributed by atoms with Crippen molar-refractivity contribution in [2.75, 3.05) is 104 Å². The summed E-state index contributed by atoms with van der Waals surface area (Å²) in [6, 6.07) is 22.4. The number of aromatic hydroxyl groups is 1. The van der Waals surface area contributed by atoms with E-state index in [2.05, 4.69) is 56.7 Å². The molecule has 1 fully saturated rings. The third-order valence-corrected chi connectivity index (χ3v) is 10.8. The van der Waals surface area contributed by atoms with Gasteiger partial charge < -0.3 is 39.7 Å². The molecule has 334 valence electrons. The van der Waals surface area contributed by atoms with Crippen LogP contribution in [-0.2, 0) is 23.8 Å². The van der Waals surface area contributed by atoms with E-state index < -0.39 is 0 Å². The Hall–Kier alpha value is -6.06. The number of fused-ring (bicyclic) bond motifs is 2. The molecule has 2 amide bonds. The SMILES string of the molecule is CCN=c1cc2oc3cc(NCC)c(C)cc3c(-c3ccccc3C(=O)OCCN3CCN(CC(=O)NCCOCCOCCNC(=O)/C=C/c4ccc(O)cc4)CC3)c-2cc1C. The lowest BCUT2D eigenvalue weighted by Gasteiger charge is -2.34. The Morgan fingerprint density at radius 1 is 0.810 bits per heavy atom. The highest BCUT2D eigenvalue weighted by Gasteiger charge is 2.24.